The number of aromatic nitrogens is 3. The van der Waals surface area contributed by atoms with Crippen LogP contribution in [0.25, 0.3) is 11.4 Å². The highest BCUT2D eigenvalue weighted by Crippen LogP contribution is 2.37. The molecule has 0 radical (unpaired) electrons. The SMILES string of the molecule is COc1cc(/C=N\n2c(-c3ccccc3Br)n[nH]c2=S)cc(OC)c1OC. The highest BCUT2D eigenvalue weighted by atomic mass is 79.9. The van der Waals surface area contributed by atoms with Crippen LogP contribution < -0.4 is 14.2 Å². The van der Waals surface area contributed by atoms with Crippen LogP contribution in [0.2, 0.25) is 0 Å². The summed E-state index contributed by atoms with van der Waals surface area (Å²) in [5.41, 5.74) is 1.62. The first kappa shape index (κ1) is 19.1. The number of aromatic amines is 1. The average Bonchev–Trinajstić information content (AvgIpc) is 3.06. The molecule has 9 heteroatoms. The maximum absolute atomic E-state index is 5.37. The third-order valence-electron chi connectivity index (χ3n) is 3.77. The van der Waals surface area contributed by atoms with Crippen LogP contribution in [-0.4, -0.2) is 42.4 Å². The molecule has 0 aliphatic rings. The van der Waals surface area contributed by atoms with E-state index in [1.807, 2.05) is 24.3 Å². The van der Waals surface area contributed by atoms with Crippen molar-refractivity contribution in [3.63, 3.8) is 0 Å². The Balaban J connectivity index is 2.04. The van der Waals surface area contributed by atoms with Gasteiger partial charge in [-0.2, -0.15) is 14.9 Å². The van der Waals surface area contributed by atoms with Gasteiger partial charge in [-0.3, -0.25) is 0 Å². The van der Waals surface area contributed by atoms with E-state index in [4.69, 9.17) is 26.4 Å². The van der Waals surface area contributed by atoms with Crippen molar-refractivity contribution in [2.75, 3.05) is 21.3 Å². The quantitative estimate of drug-likeness (QED) is 0.449. The molecule has 140 valence electrons. The van der Waals surface area contributed by atoms with Crippen LogP contribution in [0.3, 0.4) is 0 Å². The number of H-pyrrole nitrogens is 1. The van der Waals surface area contributed by atoms with E-state index in [-0.39, 0.29) is 0 Å². The topological polar surface area (TPSA) is 73.7 Å². The van der Waals surface area contributed by atoms with Crippen molar-refractivity contribution in [3.8, 4) is 28.6 Å². The average molecular weight is 449 g/mol. The molecule has 0 unspecified atom stereocenters. The van der Waals surface area contributed by atoms with E-state index >= 15 is 0 Å². The van der Waals surface area contributed by atoms with Gasteiger partial charge >= 0.3 is 0 Å². The van der Waals surface area contributed by atoms with Gasteiger partial charge in [0.25, 0.3) is 0 Å². The molecule has 27 heavy (non-hydrogen) atoms. The van der Waals surface area contributed by atoms with E-state index in [9.17, 15) is 0 Å². The molecule has 1 heterocycles. The van der Waals surface area contributed by atoms with Gasteiger partial charge in [0, 0.05) is 15.6 Å². The maximum Gasteiger partial charge on any atom is 0.216 e. The van der Waals surface area contributed by atoms with Gasteiger partial charge in [0.2, 0.25) is 10.5 Å². The molecule has 0 fully saturated rings. The fourth-order valence-electron chi connectivity index (χ4n) is 2.52. The number of hydrogen-bond acceptors (Lipinski definition) is 6. The molecule has 2 aromatic carbocycles. The molecule has 0 spiro atoms. The number of methoxy groups -OCH3 is 3. The first-order valence-electron chi connectivity index (χ1n) is 7.85. The Labute approximate surface area is 169 Å². The Hall–Kier alpha value is -2.65. The molecule has 0 atom stereocenters. The third kappa shape index (κ3) is 3.88. The maximum atomic E-state index is 5.37. The van der Waals surface area contributed by atoms with Crippen LogP contribution in [-0.2, 0) is 0 Å². The Morgan fingerprint density at radius 2 is 1.78 bits per heavy atom. The monoisotopic (exact) mass is 448 g/mol. The van der Waals surface area contributed by atoms with Gasteiger partial charge in [0.15, 0.2) is 17.3 Å². The van der Waals surface area contributed by atoms with Crippen molar-refractivity contribution in [2.45, 2.75) is 0 Å². The lowest BCUT2D eigenvalue weighted by atomic mass is 10.2. The van der Waals surface area contributed by atoms with Gasteiger partial charge < -0.3 is 14.2 Å². The van der Waals surface area contributed by atoms with Gasteiger partial charge in [0.1, 0.15) is 0 Å². The molecule has 0 bridgehead atoms. The fourth-order valence-corrected chi connectivity index (χ4v) is 3.16. The Morgan fingerprint density at radius 1 is 1.11 bits per heavy atom. The minimum absolute atomic E-state index is 0.379. The van der Waals surface area contributed by atoms with Crippen LogP contribution in [0.1, 0.15) is 5.56 Å². The zero-order chi connectivity index (χ0) is 19.4. The molecular formula is C18H17BrN4O3S. The number of nitrogens with one attached hydrogen (secondary N) is 1. The van der Waals surface area contributed by atoms with E-state index in [0.717, 1.165) is 15.6 Å². The smallest absolute Gasteiger partial charge is 0.216 e. The summed E-state index contributed by atoms with van der Waals surface area (Å²) in [6.07, 6.45) is 1.65. The lowest BCUT2D eigenvalue weighted by Crippen LogP contribution is -1.98. The molecule has 3 rings (SSSR count). The van der Waals surface area contributed by atoms with Crippen molar-refractivity contribution < 1.29 is 14.2 Å². The van der Waals surface area contributed by atoms with E-state index in [2.05, 4.69) is 31.2 Å². The highest BCUT2D eigenvalue weighted by Gasteiger charge is 2.13. The first-order valence-corrected chi connectivity index (χ1v) is 9.05. The number of benzene rings is 2. The minimum Gasteiger partial charge on any atom is -0.493 e. The third-order valence-corrected chi connectivity index (χ3v) is 4.73. The summed E-state index contributed by atoms with van der Waals surface area (Å²) in [5, 5.41) is 11.5. The second kappa shape index (κ2) is 8.36. The fraction of sp³-hybridized carbons (Fsp3) is 0.167. The summed E-state index contributed by atoms with van der Waals surface area (Å²) in [6, 6.07) is 11.3. The Kier molecular flexibility index (Phi) is 5.92. The molecule has 0 aliphatic heterocycles. The number of halogens is 1. The Bertz CT molecular complexity index is 1020. The van der Waals surface area contributed by atoms with Crippen LogP contribution in [0.4, 0.5) is 0 Å². The molecule has 0 amide bonds. The second-order valence-electron chi connectivity index (χ2n) is 5.35. The molecule has 3 aromatic rings. The molecule has 1 N–H and O–H groups in total. The van der Waals surface area contributed by atoms with Crippen LogP contribution in [0.15, 0.2) is 46.0 Å². The summed E-state index contributed by atoms with van der Waals surface area (Å²) >= 11 is 8.84. The van der Waals surface area contributed by atoms with Gasteiger partial charge in [-0.25, -0.2) is 5.10 Å². The molecule has 0 saturated carbocycles. The van der Waals surface area contributed by atoms with Crippen LogP contribution in [0.5, 0.6) is 17.2 Å². The van der Waals surface area contributed by atoms with Gasteiger partial charge in [-0.1, -0.05) is 28.1 Å². The summed E-state index contributed by atoms with van der Waals surface area (Å²) in [4.78, 5) is 0. The number of nitrogens with zero attached hydrogens (tertiary/aromatic N) is 3. The summed E-state index contributed by atoms with van der Waals surface area (Å²) in [6.45, 7) is 0. The molecule has 7 nitrogen and oxygen atoms in total. The van der Waals surface area contributed by atoms with Crippen molar-refractivity contribution in [1.29, 1.82) is 0 Å². The molecule has 1 aromatic heterocycles. The van der Waals surface area contributed by atoms with Crippen LogP contribution >= 0.6 is 28.1 Å². The normalized spacial score (nSPS) is 11.0. The first-order chi connectivity index (χ1) is 13.1. The highest BCUT2D eigenvalue weighted by molar-refractivity contribution is 9.10. The number of rotatable bonds is 6. The number of hydrogen-bond donors (Lipinski definition) is 1. The number of ether oxygens (including phenoxy) is 3. The summed E-state index contributed by atoms with van der Waals surface area (Å²) < 4.78 is 18.9. The minimum atomic E-state index is 0.379. The largest absolute Gasteiger partial charge is 0.493 e. The lowest BCUT2D eigenvalue weighted by Gasteiger charge is -2.12. The second-order valence-corrected chi connectivity index (χ2v) is 6.59. The van der Waals surface area contributed by atoms with E-state index in [1.165, 1.54) is 0 Å². The van der Waals surface area contributed by atoms with Crippen molar-refractivity contribution in [1.82, 2.24) is 14.9 Å². The predicted octanol–water partition coefficient (Wildman–Crippen LogP) is 4.28. The predicted molar refractivity (Wildman–Crippen MR) is 110 cm³/mol. The van der Waals surface area contributed by atoms with E-state index < -0.39 is 0 Å². The zero-order valence-corrected chi connectivity index (χ0v) is 17.3. The standard InChI is InChI=1S/C18H17BrN4O3S/c1-24-14-8-11(9-15(25-2)16(14)26-3)10-20-23-17(21-22-18(23)27)12-6-4-5-7-13(12)19/h4-10H,1-3H3,(H,22,27)/b20-10-. The van der Waals surface area contributed by atoms with Gasteiger partial charge in [0.05, 0.1) is 27.5 Å². The zero-order valence-electron chi connectivity index (χ0n) is 14.9. The molecule has 0 saturated heterocycles. The Morgan fingerprint density at radius 3 is 2.37 bits per heavy atom. The summed E-state index contributed by atoms with van der Waals surface area (Å²) in [5.74, 6) is 2.20. The van der Waals surface area contributed by atoms with Gasteiger partial charge in [-0.05, 0) is 36.5 Å². The molecule has 0 aliphatic carbocycles. The van der Waals surface area contributed by atoms with Crippen molar-refractivity contribution in [2.24, 2.45) is 5.10 Å². The van der Waals surface area contributed by atoms with Crippen molar-refractivity contribution in [3.05, 3.63) is 51.2 Å². The van der Waals surface area contributed by atoms with Crippen LogP contribution in [0, 0.1) is 4.77 Å². The van der Waals surface area contributed by atoms with E-state index in [0.29, 0.717) is 27.8 Å². The molecular weight excluding hydrogens is 432 g/mol. The summed E-state index contributed by atoms with van der Waals surface area (Å²) in [7, 11) is 4.69. The van der Waals surface area contributed by atoms with E-state index in [1.54, 1.807) is 44.4 Å². The lowest BCUT2D eigenvalue weighted by molar-refractivity contribution is 0.324. The van der Waals surface area contributed by atoms with Crippen molar-refractivity contribution >= 4 is 34.4 Å². The van der Waals surface area contributed by atoms with Gasteiger partial charge in [-0.15, -0.1) is 0 Å².